The van der Waals surface area contributed by atoms with Crippen LogP contribution in [0.5, 0.6) is 11.5 Å². The third-order valence-corrected chi connectivity index (χ3v) is 4.09. The lowest BCUT2D eigenvalue weighted by atomic mass is 10.1. The Kier molecular flexibility index (Phi) is 7.15. The Balaban J connectivity index is 1.43. The molecular weight excluding hydrogens is 402 g/mol. The molecule has 3 aromatic rings. The molecule has 0 aromatic heterocycles. The number of hydrogen-bond donors (Lipinski definition) is 2. The molecule has 0 saturated heterocycles. The molecule has 31 heavy (non-hydrogen) atoms. The first-order valence-corrected chi connectivity index (χ1v) is 9.25. The summed E-state index contributed by atoms with van der Waals surface area (Å²) in [6.45, 7) is -0.677. The lowest BCUT2D eigenvalue weighted by Gasteiger charge is -2.12. The van der Waals surface area contributed by atoms with E-state index < -0.39 is 16.7 Å². The van der Waals surface area contributed by atoms with Crippen molar-refractivity contribution < 1.29 is 24.0 Å². The number of carbonyl (C=O) groups is 2. The van der Waals surface area contributed by atoms with Gasteiger partial charge in [0.2, 0.25) is 0 Å². The van der Waals surface area contributed by atoms with Gasteiger partial charge in [-0.3, -0.25) is 30.6 Å². The standard InChI is InChI=1S/C22H19N3O6/c26-21(14-30-18-12-10-17(11-13-18)25(28)29)23-24-22(27)15-31-20-9-5-4-8-19(20)16-6-2-1-3-7-16/h1-13H,14-15H2,(H,23,26)(H,24,27). The molecule has 0 unspecified atom stereocenters. The number of rotatable bonds is 8. The van der Waals surface area contributed by atoms with Crippen molar-refractivity contribution in [3.05, 3.63) is 89.0 Å². The number of amides is 2. The van der Waals surface area contributed by atoms with Crippen molar-refractivity contribution in [2.45, 2.75) is 0 Å². The summed E-state index contributed by atoms with van der Waals surface area (Å²) in [4.78, 5) is 33.9. The summed E-state index contributed by atoms with van der Waals surface area (Å²) < 4.78 is 10.8. The van der Waals surface area contributed by atoms with E-state index in [1.165, 1.54) is 24.3 Å². The first-order valence-electron chi connectivity index (χ1n) is 9.25. The summed E-state index contributed by atoms with van der Waals surface area (Å²) in [7, 11) is 0. The van der Waals surface area contributed by atoms with Crippen molar-refractivity contribution in [1.82, 2.24) is 10.9 Å². The van der Waals surface area contributed by atoms with Gasteiger partial charge in [-0.2, -0.15) is 0 Å². The normalized spacial score (nSPS) is 10.1. The summed E-state index contributed by atoms with van der Waals surface area (Å²) in [5.74, 6) is -0.326. The molecule has 0 radical (unpaired) electrons. The van der Waals surface area contributed by atoms with Gasteiger partial charge in [0, 0.05) is 17.7 Å². The number of para-hydroxylation sites is 1. The average Bonchev–Trinajstić information content (AvgIpc) is 2.81. The SMILES string of the molecule is O=C(COc1ccc([N+](=O)[O-])cc1)NNC(=O)COc1ccccc1-c1ccccc1. The minimum atomic E-state index is -0.601. The molecule has 158 valence electrons. The van der Waals surface area contributed by atoms with Gasteiger partial charge in [0.25, 0.3) is 17.5 Å². The van der Waals surface area contributed by atoms with Crippen LogP contribution in [0.4, 0.5) is 5.69 Å². The molecule has 0 heterocycles. The molecule has 9 nitrogen and oxygen atoms in total. The van der Waals surface area contributed by atoms with Gasteiger partial charge in [-0.1, -0.05) is 48.5 Å². The van der Waals surface area contributed by atoms with Crippen molar-refractivity contribution in [2.75, 3.05) is 13.2 Å². The van der Waals surface area contributed by atoms with E-state index in [9.17, 15) is 19.7 Å². The fourth-order valence-corrected chi connectivity index (χ4v) is 2.62. The van der Waals surface area contributed by atoms with Gasteiger partial charge in [-0.25, -0.2) is 0 Å². The van der Waals surface area contributed by atoms with Crippen LogP contribution in [0.3, 0.4) is 0 Å². The van der Waals surface area contributed by atoms with E-state index in [0.717, 1.165) is 11.1 Å². The van der Waals surface area contributed by atoms with Gasteiger partial charge in [0.15, 0.2) is 13.2 Å². The van der Waals surface area contributed by atoms with Crippen LogP contribution in [0, 0.1) is 10.1 Å². The summed E-state index contributed by atoms with van der Waals surface area (Å²) in [5.41, 5.74) is 6.17. The molecule has 0 spiro atoms. The molecule has 0 aliphatic carbocycles. The lowest BCUT2D eigenvalue weighted by molar-refractivity contribution is -0.384. The molecule has 3 rings (SSSR count). The van der Waals surface area contributed by atoms with Gasteiger partial charge < -0.3 is 9.47 Å². The number of nitrogens with one attached hydrogen (secondary N) is 2. The van der Waals surface area contributed by atoms with Crippen molar-refractivity contribution in [3.8, 4) is 22.6 Å². The van der Waals surface area contributed by atoms with Crippen molar-refractivity contribution in [2.24, 2.45) is 0 Å². The molecular formula is C22H19N3O6. The second kappa shape index (κ2) is 10.4. The Bertz CT molecular complexity index is 1050. The third-order valence-electron chi connectivity index (χ3n) is 4.09. The zero-order valence-corrected chi connectivity index (χ0v) is 16.3. The fourth-order valence-electron chi connectivity index (χ4n) is 2.62. The molecule has 9 heteroatoms. The minimum Gasteiger partial charge on any atom is -0.484 e. The van der Waals surface area contributed by atoms with Gasteiger partial charge >= 0.3 is 0 Å². The number of nitro groups is 1. The molecule has 0 saturated carbocycles. The second-order valence-corrected chi connectivity index (χ2v) is 6.29. The smallest absolute Gasteiger partial charge is 0.276 e. The quantitative estimate of drug-likeness (QED) is 0.426. The predicted octanol–water partition coefficient (Wildman–Crippen LogP) is 2.87. The Morgan fingerprint density at radius 2 is 1.35 bits per heavy atom. The predicted molar refractivity (Wildman–Crippen MR) is 112 cm³/mol. The second-order valence-electron chi connectivity index (χ2n) is 6.29. The monoisotopic (exact) mass is 421 g/mol. The van der Waals surface area contributed by atoms with E-state index in [1.807, 2.05) is 42.5 Å². The molecule has 0 atom stereocenters. The third kappa shape index (κ3) is 6.29. The highest BCUT2D eigenvalue weighted by molar-refractivity contribution is 5.83. The average molecular weight is 421 g/mol. The number of non-ortho nitro benzene ring substituents is 1. The highest BCUT2D eigenvalue weighted by Crippen LogP contribution is 2.29. The Morgan fingerprint density at radius 1 is 0.774 bits per heavy atom. The van der Waals surface area contributed by atoms with Crippen LogP contribution < -0.4 is 20.3 Å². The number of nitrogens with zero attached hydrogens (tertiary/aromatic N) is 1. The molecule has 3 aromatic carbocycles. The first kappa shape index (κ1) is 21.3. The van der Waals surface area contributed by atoms with Crippen LogP contribution >= 0.6 is 0 Å². The summed E-state index contributed by atoms with van der Waals surface area (Å²) >= 11 is 0. The van der Waals surface area contributed by atoms with Crippen molar-refractivity contribution >= 4 is 17.5 Å². The zero-order valence-electron chi connectivity index (χ0n) is 16.3. The lowest BCUT2D eigenvalue weighted by Crippen LogP contribution is -2.45. The number of ether oxygens (including phenoxy) is 2. The highest BCUT2D eigenvalue weighted by atomic mass is 16.6. The number of hydrazine groups is 1. The summed E-state index contributed by atoms with van der Waals surface area (Å²) in [6, 6.07) is 22.2. The van der Waals surface area contributed by atoms with Crippen LogP contribution in [0.2, 0.25) is 0 Å². The Morgan fingerprint density at radius 3 is 2.00 bits per heavy atom. The van der Waals surface area contributed by atoms with E-state index in [-0.39, 0.29) is 24.7 Å². The Hall–Kier alpha value is -4.40. The van der Waals surface area contributed by atoms with Crippen LogP contribution in [-0.2, 0) is 9.59 Å². The largest absolute Gasteiger partial charge is 0.484 e. The van der Waals surface area contributed by atoms with Crippen LogP contribution in [-0.4, -0.2) is 30.0 Å². The van der Waals surface area contributed by atoms with Gasteiger partial charge in [-0.05, 0) is 23.8 Å². The van der Waals surface area contributed by atoms with Gasteiger partial charge in [-0.15, -0.1) is 0 Å². The van der Waals surface area contributed by atoms with Crippen LogP contribution in [0.15, 0.2) is 78.9 Å². The van der Waals surface area contributed by atoms with Crippen molar-refractivity contribution in [3.63, 3.8) is 0 Å². The summed E-state index contributed by atoms with van der Waals surface area (Å²) in [6.07, 6.45) is 0. The number of carbonyl (C=O) groups excluding carboxylic acids is 2. The molecule has 0 aliphatic heterocycles. The van der Waals surface area contributed by atoms with E-state index in [0.29, 0.717) is 5.75 Å². The molecule has 0 aliphatic rings. The van der Waals surface area contributed by atoms with E-state index in [2.05, 4.69) is 10.9 Å². The number of nitro benzene ring substituents is 1. The molecule has 2 amide bonds. The van der Waals surface area contributed by atoms with E-state index in [1.54, 1.807) is 12.1 Å². The zero-order chi connectivity index (χ0) is 22.1. The van der Waals surface area contributed by atoms with Crippen LogP contribution in [0.25, 0.3) is 11.1 Å². The first-order chi connectivity index (χ1) is 15.0. The highest BCUT2D eigenvalue weighted by Gasteiger charge is 2.10. The molecule has 0 fully saturated rings. The summed E-state index contributed by atoms with van der Waals surface area (Å²) in [5, 5.41) is 10.6. The molecule has 2 N–H and O–H groups in total. The maximum atomic E-state index is 12.0. The van der Waals surface area contributed by atoms with E-state index >= 15 is 0 Å². The maximum Gasteiger partial charge on any atom is 0.276 e. The van der Waals surface area contributed by atoms with Crippen LogP contribution in [0.1, 0.15) is 0 Å². The van der Waals surface area contributed by atoms with Crippen molar-refractivity contribution in [1.29, 1.82) is 0 Å². The Labute approximate surface area is 177 Å². The van der Waals surface area contributed by atoms with Gasteiger partial charge in [0.1, 0.15) is 11.5 Å². The number of benzene rings is 3. The molecule has 0 bridgehead atoms. The van der Waals surface area contributed by atoms with Gasteiger partial charge in [0.05, 0.1) is 4.92 Å². The minimum absolute atomic E-state index is 0.0853. The fraction of sp³-hybridized carbons (Fsp3) is 0.0909. The maximum absolute atomic E-state index is 12.0. The van der Waals surface area contributed by atoms with E-state index in [4.69, 9.17) is 9.47 Å². The topological polar surface area (TPSA) is 120 Å². The number of hydrogen-bond acceptors (Lipinski definition) is 6.